The fourth-order valence-electron chi connectivity index (χ4n) is 4.88. The van der Waals surface area contributed by atoms with E-state index in [1.165, 1.54) is 13.0 Å². The average molecular weight is 577 g/mol. The van der Waals surface area contributed by atoms with E-state index >= 15 is 0 Å². The van der Waals surface area contributed by atoms with Crippen molar-refractivity contribution in [1.82, 2.24) is 19.7 Å². The van der Waals surface area contributed by atoms with Gasteiger partial charge >= 0.3 is 6.18 Å². The lowest BCUT2D eigenvalue weighted by Gasteiger charge is -2.34. The Labute approximate surface area is 239 Å². The summed E-state index contributed by atoms with van der Waals surface area (Å²) < 4.78 is 43.1. The average Bonchev–Trinajstić information content (AvgIpc) is 3.27. The van der Waals surface area contributed by atoms with E-state index in [0.29, 0.717) is 22.0 Å². The van der Waals surface area contributed by atoms with Crippen LogP contribution in [0.2, 0.25) is 0 Å². The first-order valence-corrected chi connectivity index (χ1v) is 13.1. The summed E-state index contributed by atoms with van der Waals surface area (Å²) in [6, 6.07) is 14.8. The highest BCUT2D eigenvalue weighted by molar-refractivity contribution is 6.11. The Bertz CT molecular complexity index is 1720. The fourth-order valence-corrected chi connectivity index (χ4v) is 4.88. The van der Waals surface area contributed by atoms with E-state index in [-0.39, 0.29) is 23.5 Å². The molecule has 0 unspecified atom stereocenters. The van der Waals surface area contributed by atoms with E-state index in [0.717, 1.165) is 36.5 Å². The lowest BCUT2D eigenvalue weighted by Crippen LogP contribution is -2.44. The Morgan fingerprint density at radius 1 is 1.07 bits per heavy atom. The molecule has 2 aromatic heterocycles. The third kappa shape index (κ3) is 5.75. The van der Waals surface area contributed by atoms with Crippen LogP contribution in [0.4, 0.5) is 24.5 Å². The predicted molar refractivity (Wildman–Crippen MR) is 150 cm³/mol. The lowest BCUT2D eigenvalue weighted by molar-refractivity contribution is -0.140. The van der Waals surface area contributed by atoms with E-state index in [1.54, 1.807) is 36.4 Å². The number of hydrogen-bond donors (Lipinski definition) is 2. The minimum absolute atomic E-state index is 0.0216. The standard InChI is InChI=1S/C29H27F3N8O2/c1-17-25(26(29(30,31)32)37-40(17)16-19-5-3-18(15-33)4-6-19)36-28(42)24-14-22(27(34)41)21-13-20(7-8-23(21)35-24)39-11-9-38(2)10-12-39/h3-8,13-14H,9-12,16H2,1-2H3,(H2,34,41)(H,36,42). The van der Waals surface area contributed by atoms with Gasteiger partial charge in [0.05, 0.1) is 40.6 Å². The van der Waals surface area contributed by atoms with Crippen LogP contribution >= 0.6 is 0 Å². The number of fused-ring (bicyclic) bond motifs is 1. The van der Waals surface area contributed by atoms with Gasteiger partial charge in [-0.15, -0.1) is 0 Å². The van der Waals surface area contributed by atoms with Crippen molar-refractivity contribution in [2.75, 3.05) is 43.4 Å². The second kappa shape index (κ2) is 11.1. The van der Waals surface area contributed by atoms with Gasteiger partial charge in [0, 0.05) is 37.3 Å². The topological polar surface area (TPSA) is 133 Å². The number of alkyl halides is 3. The first-order valence-electron chi connectivity index (χ1n) is 13.1. The summed E-state index contributed by atoms with van der Waals surface area (Å²) in [6.45, 7) is 4.72. The van der Waals surface area contributed by atoms with Crippen LogP contribution in [0.15, 0.2) is 48.5 Å². The van der Waals surface area contributed by atoms with E-state index < -0.39 is 29.4 Å². The van der Waals surface area contributed by atoms with Crippen LogP contribution in [0, 0.1) is 18.3 Å². The molecule has 3 heterocycles. The number of nitriles is 1. The molecule has 0 aliphatic carbocycles. The van der Waals surface area contributed by atoms with Crippen LogP contribution in [0.3, 0.4) is 0 Å². The number of amides is 2. The van der Waals surface area contributed by atoms with Crippen molar-refractivity contribution in [3.63, 3.8) is 0 Å². The van der Waals surface area contributed by atoms with Crippen molar-refractivity contribution in [3.8, 4) is 6.07 Å². The number of piperazine rings is 1. The van der Waals surface area contributed by atoms with Crippen LogP contribution in [-0.2, 0) is 12.7 Å². The van der Waals surface area contributed by atoms with Gasteiger partial charge in [0.2, 0.25) is 5.91 Å². The molecule has 3 N–H and O–H groups in total. The van der Waals surface area contributed by atoms with E-state index in [9.17, 15) is 22.8 Å². The molecule has 0 atom stereocenters. The lowest BCUT2D eigenvalue weighted by atomic mass is 10.0. The molecule has 2 amide bonds. The fraction of sp³-hybridized carbons (Fsp3) is 0.276. The molecule has 5 rings (SSSR count). The third-order valence-corrected chi connectivity index (χ3v) is 7.29. The number of nitrogens with zero attached hydrogens (tertiary/aromatic N) is 6. The molecule has 13 heteroatoms. The molecule has 0 saturated carbocycles. The number of hydrogen-bond acceptors (Lipinski definition) is 7. The van der Waals surface area contributed by atoms with E-state index in [1.807, 2.05) is 19.2 Å². The van der Waals surface area contributed by atoms with Gasteiger partial charge in [-0.05, 0) is 55.9 Å². The maximum atomic E-state index is 14.0. The van der Waals surface area contributed by atoms with Crippen molar-refractivity contribution in [3.05, 3.63) is 82.3 Å². The zero-order valence-electron chi connectivity index (χ0n) is 22.9. The highest BCUT2D eigenvalue weighted by Crippen LogP contribution is 2.36. The number of carbonyl (C=O) groups is 2. The van der Waals surface area contributed by atoms with Gasteiger partial charge in [-0.3, -0.25) is 14.3 Å². The highest BCUT2D eigenvalue weighted by atomic mass is 19.4. The van der Waals surface area contributed by atoms with Crippen molar-refractivity contribution >= 4 is 34.1 Å². The molecular weight excluding hydrogens is 549 g/mol. The monoisotopic (exact) mass is 576 g/mol. The molecule has 0 radical (unpaired) electrons. The van der Waals surface area contributed by atoms with Crippen molar-refractivity contribution < 1.29 is 22.8 Å². The van der Waals surface area contributed by atoms with Crippen LogP contribution < -0.4 is 16.0 Å². The summed E-state index contributed by atoms with van der Waals surface area (Å²) in [5, 5.41) is 15.5. The maximum absolute atomic E-state index is 14.0. The molecule has 1 fully saturated rings. The van der Waals surface area contributed by atoms with Gasteiger partial charge in [0.25, 0.3) is 5.91 Å². The normalized spacial score (nSPS) is 14.1. The van der Waals surface area contributed by atoms with Crippen molar-refractivity contribution in [2.24, 2.45) is 5.73 Å². The molecule has 1 aliphatic heterocycles. The smallest absolute Gasteiger partial charge is 0.369 e. The number of benzene rings is 2. The van der Waals surface area contributed by atoms with Crippen LogP contribution in [-0.4, -0.2) is 64.7 Å². The first kappa shape index (κ1) is 28.6. The van der Waals surface area contributed by atoms with Gasteiger partial charge in [0.1, 0.15) is 5.69 Å². The molecule has 1 aliphatic rings. The summed E-state index contributed by atoms with van der Waals surface area (Å²) >= 11 is 0. The minimum Gasteiger partial charge on any atom is -0.369 e. The number of anilines is 2. The molecule has 216 valence electrons. The second-order valence-electron chi connectivity index (χ2n) is 10.1. The predicted octanol–water partition coefficient (Wildman–Crippen LogP) is 3.78. The zero-order chi connectivity index (χ0) is 30.2. The summed E-state index contributed by atoms with van der Waals surface area (Å²) in [4.78, 5) is 34.4. The summed E-state index contributed by atoms with van der Waals surface area (Å²) in [7, 11) is 2.04. The number of halogens is 3. The van der Waals surface area contributed by atoms with Crippen LogP contribution in [0.25, 0.3) is 10.9 Å². The van der Waals surface area contributed by atoms with Gasteiger partial charge in [-0.1, -0.05) is 12.1 Å². The minimum atomic E-state index is -4.86. The number of likely N-dealkylation sites (N-methyl/N-ethyl adjacent to an activating group) is 1. The van der Waals surface area contributed by atoms with Crippen molar-refractivity contribution in [1.29, 1.82) is 5.26 Å². The second-order valence-corrected chi connectivity index (χ2v) is 10.1. The number of rotatable bonds is 6. The van der Waals surface area contributed by atoms with E-state index in [4.69, 9.17) is 11.0 Å². The van der Waals surface area contributed by atoms with E-state index in [2.05, 4.69) is 25.2 Å². The Morgan fingerprint density at radius 3 is 2.38 bits per heavy atom. The number of nitrogens with two attached hydrogens (primary N) is 1. The highest BCUT2D eigenvalue weighted by Gasteiger charge is 2.39. The van der Waals surface area contributed by atoms with Crippen molar-refractivity contribution in [2.45, 2.75) is 19.6 Å². The molecule has 10 nitrogen and oxygen atoms in total. The molecule has 1 saturated heterocycles. The Hall–Kier alpha value is -4.96. The number of aromatic nitrogens is 3. The van der Waals surface area contributed by atoms with Gasteiger partial charge in [-0.25, -0.2) is 4.98 Å². The molecule has 4 aromatic rings. The number of pyridine rings is 1. The molecular formula is C29H27F3N8O2. The first-order chi connectivity index (χ1) is 19.9. The maximum Gasteiger partial charge on any atom is 0.437 e. The largest absolute Gasteiger partial charge is 0.437 e. The van der Waals surface area contributed by atoms with Gasteiger partial charge in [-0.2, -0.15) is 23.5 Å². The Balaban J connectivity index is 1.47. The van der Waals surface area contributed by atoms with Gasteiger partial charge < -0.3 is 20.9 Å². The Kier molecular flexibility index (Phi) is 7.57. The van der Waals surface area contributed by atoms with Crippen LogP contribution in [0.1, 0.15) is 43.4 Å². The zero-order valence-corrected chi connectivity index (χ0v) is 22.9. The number of carbonyl (C=O) groups excluding carboxylic acids is 2. The molecule has 2 aromatic carbocycles. The molecule has 0 bridgehead atoms. The summed E-state index contributed by atoms with van der Waals surface area (Å²) in [5.41, 5.74) is 5.89. The van der Waals surface area contributed by atoms with Gasteiger partial charge in [0.15, 0.2) is 5.69 Å². The van der Waals surface area contributed by atoms with Crippen LogP contribution in [0.5, 0.6) is 0 Å². The Morgan fingerprint density at radius 2 is 1.76 bits per heavy atom. The quantitative estimate of drug-likeness (QED) is 0.357. The molecule has 42 heavy (non-hydrogen) atoms. The summed E-state index contributed by atoms with van der Waals surface area (Å²) in [6.07, 6.45) is -4.86. The number of nitrogens with one attached hydrogen (secondary N) is 1. The summed E-state index contributed by atoms with van der Waals surface area (Å²) in [5.74, 6) is -1.75. The molecule has 0 spiro atoms. The third-order valence-electron chi connectivity index (χ3n) is 7.29. The SMILES string of the molecule is Cc1c(NC(=O)c2cc(C(N)=O)c3cc(N4CCN(C)CC4)ccc3n2)c(C(F)(F)F)nn1Cc1ccc(C#N)cc1. The number of primary amides is 1.